The Morgan fingerprint density at radius 2 is 2.14 bits per heavy atom. The lowest BCUT2D eigenvalue weighted by Crippen LogP contribution is -2.43. The van der Waals surface area contributed by atoms with Gasteiger partial charge in [0.25, 0.3) is 0 Å². The molecule has 1 aromatic rings. The molecule has 6 nitrogen and oxygen atoms in total. The molecule has 0 aromatic heterocycles. The topological polar surface area (TPSA) is 58.1 Å². The molecule has 6 heteroatoms. The SMILES string of the molecule is CN=C(NCCC1=CCOCC1)NCC(c1cccc(OC)c1)N1CCCC1. The molecule has 1 atom stereocenters. The Hall–Kier alpha value is -2.05. The summed E-state index contributed by atoms with van der Waals surface area (Å²) in [5, 5.41) is 6.98. The maximum Gasteiger partial charge on any atom is 0.191 e. The molecule has 1 saturated heterocycles. The summed E-state index contributed by atoms with van der Waals surface area (Å²) in [5.74, 6) is 1.77. The first-order valence-electron chi connectivity index (χ1n) is 10.4. The molecule has 0 amide bonds. The van der Waals surface area contributed by atoms with Crippen LogP contribution in [0.15, 0.2) is 40.9 Å². The summed E-state index contributed by atoms with van der Waals surface area (Å²) < 4.78 is 10.8. The standard InChI is InChI=1S/C22H34N4O2/c1-23-22(24-11-8-18-9-14-28-15-10-18)25-17-21(26-12-3-4-13-26)19-6-5-7-20(16-19)27-2/h5-7,9,16,21H,3-4,8,10-15,17H2,1-2H3,(H2,23,24,25). The van der Waals surface area contributed by atoms with Gasteiger partial charge in [0.2, 0.25) is 0 Å². The quantitative estimate of drug-likeness (QED) is 0.409. The molecule has 2 aliphatic heterocycles. The second kappa shape index (κ2) is 11.1. The van der Waals surface area contributed by atoms with E-state index in [0.29, 0.717) is 6.04 Å². The third kappa shape index (κ3) is 5.97. The van der Waals surface area contributed by atoms with Crippen molar-refractivity contribution in [2.75, 3.05) is 53.6 Å². The number of ether oxygens (including phenoxy) is 2. The fraction of sp³-hybridized carbons (Fsp3) is 0.591. The molecule has 2 N–H and O–H groups in total. The summed E-state index contributed by atoms with van der Waals surface area (Å²) in [4.78, 5) is 6.96. The van der Waals surface area contributed by atoms with Crippen LogP contribution in [0.4, 0.5) is 0 Å². The van der Waals surface area contributed by atoms with Crippen molar-refractivity contribution < 1.29 is 9.47 Å². The number of aliphatic imine (C=N–C) groups is 1. The lowest BCUT2D eigenvalue weighted by atomic mass is 10.1. The summed E-state index contributed by atoms with van der Waals surface area (Å²) in [6.45, 7) is 5.59. The number of nitrogens with one attached hydrogen (secondary N) is 2. The zero-order valence-electron chi connectivity index (χ0n) is 17.2. The lowest BCUT2D eigenvalue weighted by molar-refractivity contribution is 0.153. The van der Waals surface area contributed by atoms with Crippen molar-refractivity contribution in [3.05, 3.63) is 41.5 Å². The molecule has 0 spiro atoms. The smallest absolute Gasteiger partial charge is 0.191 e. The molecule has 154 valence electrons. The van der Waals surface area contributed by atoms with Crippen molar-refractivity contribution >= 4 is 5.96 Å². The van der Waals surface area contributed by atoms with Gasteiger partial charge in [-0.2, -0.15) is 0 Å². The van der Waals surface area contributed by atoms with Gasteiger partial charge in [-0.3, -0.25) is 9.89 Å². The predicted octanol–water partition coefficient (Wildman–Crippen LogP) is 2.73. The van der Waals surface area contributed by atoms with Crippen LogP contribution < -0.4 is 15.4 Å². The highest BCUT2D eigenvalue weighted by atomic mass is 16.5. The average Bonchev–Trinajstić information content (AvgIpc) is 3.28. The van der Waals surface area contributed by atoms with E-state index in [0.717, 1.165) is 63.9 Å². The third-order valence-corrected chi connectivity index (χ3v) is 5.54. The van der Waals surface area contributed by atoms with Gasteiger partial charge < -0.3 is 20.1 Å². The number of guanidine groups is 1. The van der Waals surface area contributed by atoms with E-state index in [2.05, 4.69) is 44.8 Å². The van der Waals surface area contributed by atoms with Gasteiger partial charge in [-0.05, 0) is 56.5 Å². The van der Waals surface area contributed by atoms with E-state index in [-0.39, 0.29) is 0 Å². The summed E-state index contributed by atoms with van der Waals surface area (Å²) in [6.07, 6.45) is 6.82. The largest absolute Gasteiger partial charge is 0.497 e. The van der Waals surface area contributed by atoms with Gasteiger partial charge in [0.1, 0.15) is 5.75 Å². The van der Waals surface area contributed by atoms with Crippen LogP contribution in [0.5, 0.6) is 5.75 Å². The minimum absolute atomic E-state index is 0.314. The van der Waals surface area contributed by atoms with E-state index in [1.165, 1.54) is 24.0 Å². The summed E-state index contributed by atoms with van der Waals surface area (Å²) in [5.41, 5.74) is 2.76. The van der Waals surface area contributed by atoms with E-state index in [1.807, 2.05) is 13.1 Å². The number of nitrogens with zero attached hydrogens (tertiary/aromatic N) is 2. The van der Waals surface area contributed by atoms with Gasteiger partial charge in [0, 0.05) is 20.1 Å². The highest BCUT2D eigenvalue weighted by Gasteiger charge is 2.24. The van der Waals surface area contributed by atoms with Crippen molar-refractivity contribution in [1.29, 1.82) is 0 Å². The molecule has 0 radical (unpaired) electrons. The molecule has 1 fully saturated rings. The Morgan fingerprint density at radius 3 is 2.86 bits per heavy atom. The van der Waals surface area contributed by atoms with Crippen molar-refractivity contribution in [1.82, 2.24) is 15.5 Å². The predicted molar refractivity (Wildman–Crippen MR) is 114 cm³/mol. The Morgan fingerprint density at radius 1 is 1.29 bits per heavy atom. The zero-order chi connectivity index (χ0) is 19.6. The maximum atomic E-state index is 5.44. The molecule has 0 bridgehead atoms. The molecule has 1 unspecified atom stereocenters. The first-order valence-corrected chi connectivity index (χ1v) is 10.4. The highest BCUT2D eigenvalue weighted by molar-refractivity contribution is 5.79. The fourth-order valence-electron chi connectivity index (χ4n) is 3.91. The molecular formula is C22H34N4O2. The number of rotatable bonds is 8. The van der Waals surface area contributed by atoms with Crippen molar-refractivity contribution in [2.24, 2.45) is 4.99 Å². The molecule has 2 aliphatic rings. The van der Waals surface area contributed by atoms with Crippen LogP contribution >= 0.6 is 0 Å². The molecule has 28 heavy (non-hydrogen) atoms. The Bertz CT molecular complexity index is 668. The normalized spacial score (nSPS) is 19.2. The highest BCUT2D eigenvalue weighted by Crippen LogP contribution is 2.27. The molecular weight excluding hydrogens is 352 g/mol. The van der Waals surface area contributed by atoms with Crippen LogP contribution in [0.1, 0.15) is 37.3 Å². The number of methoxy groups -OCH3 is 1. The van der Waals surface area contributed by atoms with Crippen molar-refractivity contribution in [2.45, 2.75) is 31.7 Å². The van der Waals surface area contributed by atoms with E-state index in [1.54, 1.807) is 7.11 Å². The molecule has 0 saturated carbocycles. The Labute approximate surface area is 169 Å². The number of hydrogen-bond acceptors (Lipinski definition) is 4. The first kappa shape index (κ1) is 20.7. The minimum atomic E-state index is 0.314. The second-order valence-electron chi connectivity index (χ2n) is 7.35. The molecule has 0 aliphatic carbocycles. The van der Waals surface area contributed by atoms with Gasteiger partial charge in [0.05, 0.1) is 26.4 Å². The maximum absolute atomic E-state index is 5.44. The monoisotopic (exact) mass is 386 g/mol. The van der Waals surface area contributed by atoms with Crippen LogP contribution in [0.3, 0.4) is 0 Å². The van der Waals surface area contributed by atoms with E-state index < -0.39 is 0 Å². The lowest BCUT2D eigenvalue weighted by Gasteiger charge is -2.29. The second-order valence-corrected chi connectivity index (χ2v) is 7.35. The molecule has 1 aromatic carbocycles. The van der Waals surface area contributed by atoms with E-state index in [9.17, 15) is 0 Å². The Kier molecular flexibility index (Phi) is 8.18. The van der Waals surface area contributed by atoms with Gasteiger partial charge in [-0.1, -0.05) is 23.8 Å². The number of likely N-dealkylation sites (tertiary alicyclic amines) is 1. The van der Waals surface area contributed by atoms with Crippen LogP contribution in [0, 0.1) is 0 Å². The van der Waals surface area contributed by atoms with Crippen LogP contribution in [0.25, 0.3) is 0 Å². The Balaban J connectivity index is 1.56. The molecule has 2 heterocycles. The number of benzene rings is 1. The van der Waals surface area contributed by atoms with Crippen LogP contribution in [-0.2, 0) is 4.74 Å². The third-order valence-electron chi connectivity index (χ3n) is 5.54. The van der Waals surface area contributed by atoms with Crippen molar-refractivity contribution in [3.63, 3.8) is 0 Å². The average molecular weight is 387 g/mol. The minimum Gasteiger partial charge on any atom is -0.497 e. The summed E-state index contributed by atoms with van der Waals surface area (Å²) >= 11 is 0. The number of hydrogen-bond donors (Lipinski definition) is 2. The van der Waals surface area contributed by atoms with Gasteiger partial charge >= 0.3 is 0 Å². The van der Waals surface area contributed by atoms with Gasteiger partial charge in [0.15, 0.2) is 5.96 Å². The van der Waals surface area contributed by atoms with Crippen LogP contribution in [-0.4, -0.2) is 64.4 Å². The fourth-order valence-corrected chi connectivity index (χ4v) is 3.91. The molecule has 3 rings (SSSR count). The van der Waals surface area contributed by atoms with Crippen molar-refractivity contribution in [3.8, 4) is 5.75 Å². The van der Waals surface area contributed by atoms with E-state index in [4.69, 9.17) is 9.47 Å². The zero-order valence-corrected chi connectivity index (χ0v) is 17.2. The van der Waals surface area contributed by atoms with Gasteiger partial charge in [-0.25, -0.2) is 0 Å². The van der Waals surface area contributed by atoms with Gasteiger partial charge in [-0.15, -0.1) is 0 Å². The first-order chi connectivity index (χ1) is 13.8. The van der Waals surface area contributed by atoms with Crippen LogP contribution in [0.2, 0.25) is 0 Å². The summed E-state index contributed by atoms with van der Waals surface area (Å²) in [7, 11) is 3.56. The van der Waals surface area contributed by atoms with E-state index >= 15 is 0 Å². The summed E-state index contributed by atoms with van der Waals surface area (Å²) in [6, 6.07) is 8.74.